The van der Waals surface area contributed by atoms with E-state index in [9.17, 15) is 9.59 Å². The minimum Gasteiger partial charge on any atom is -0.466 e. The molecule has 1 saturated heterocycles. The quantitative estimate of drug-likeness (QED) is 0.548. The van der Waals surface area contributed by atoms with Crippen molar-refractivity contribution < 1.29 is 23.8 Å². The van der Waals surface area contributed by atoms with E-state index in [0.29, 0.717) is 6.61 Å². The van der Waals surface area contributed by atoms with Crippen LogP contribution in [0.3, 0.4) is 0 Å². The van der Waals surface area contributed by atoms with Crippen LogP contribution < -0.4 is 0 Å². The first-order valence-electron chi connectivity index (χ1n) is 5.25. The van der Waals surface area contributed by atoms with Gasteiger partial charge in [0.05, 0.1) is 13.2 Å². The summed E-state index contributed by atoms with van der Waals surface area (Å²) in [5, 5.41) is 0. The van der Waals surface area contributed by atoms with Crippen molar-refractivity contribution in [3.05, 3.63) is 25.3 Å². The Morgan fingerprint density at radius 1 is 1.35 bits per heavy atom. The fourth-order valence-electron chi connectivity index (χ4n) is 1.09. The number of carbonyl (C=O) groups is 2. The second kappa shape index (κ2) is 9.59. The first-order valence-corrected chi connectivity index (χ1v) is 5.25. The molecule has 96 valence electrons. The molecule has 0 N–H and O–H groups in total. The molecule has 17 heavy (non-hydrogen) atoms. The van der Waals surface area contributed by atoms with Crippen LogP contribution in [0.1, 0.15) is 12.8 Å². The van der Waals surface area contributed by atoms with Crippen LogP contribution in [0.25, 0.3) is 0 Å². The summed E-state index contributed by atoms with van der Waals surface area (Å²) in [6.45, 7) is 7.60. The van der Waals surface area contributed by atoms with Gasteiger partial charge in [-0.15, -0.1) is 0 Å². The van der Waals surface area contributed by atoms with Crippen LogP contribution in [0.2, 0.25) is 0 Å². The fourth-order valence-corrected chi connectivity index (χ4v) is 1.09. The van der Waals surface area contributed by atoms with Gasteiger partial charge in [0.25, 0.3) is 0 Å². The molecule has 0 radical (unpaired) electrons. The van der Waals surface area contributed by atoms with Gasteiger partial charge in [-0.05, 0) is 12.8 Å². The summed E-state index contributed by atoms with van der Waals surface area (Å²) < 4.78 is 14.2. The highest BCUT2D eigenvalue weighted by Gasteiger charge is 2.16. The predicted octanol–water partition coefficient (Wildman–Crippen LogP) is 1.24. The van der Waals surface area contributed by atoms with Crippen molar-refractivity contribution in [1.29, 1.82) is 0 Å². The van der Waals surface area contributed by atoms with Crippen molar-refractivity contribution in [2.24, 2.45) is 0 Å². The Balaban J connectivity index is 0.000000366. The van der Waals surface area contributed by atoms with Crippen molar-refractivity contribution in [2.45, 2.75) is 18.9 Å². The number of esters is 2. The van der Waals surface area contributed by atoms with E-state index >= 15 is 0 Å². The summed E-state index contributed by atoms with van der Waals surface area (Å²) >= 11 is 0. The Kier molecular flexibility index (Phi) is 8.68. The van der Waals surface area contributed by atoms with Gasteiger partial charge < -0.3 is 14.2 Å². The molecule has 1 atom stereocenters. The molecule has 1 heterocycles. The third kappa shape index (κ3) is 8.21. The highest BCUT2D eigenvalue weighted by atomic mass is 16.6. The molecule has 0 aromatic rings. The molecule has 5 nitrogen and oxygen atoms in total. The van der Waals surface area contributed by atoms with Gasteiger partial charge in [-0.3, -0.25) is 0 Å². The van der Waals surface area contributed by atoms with E-state index in [1.165, 1.54) is 7.11 Å². The molecule has 0 amide bonds. The molecule has 1 aliphatic rings. The van der Waals surface area contributed by atoms with E-state index in [4.69, 9.17) is 9.47 Å². The van der Waals surface area contributed by atoms with Gasteiger partial charge in [0, 0.05) is 18.8 Å². The first kappa shape index (κ1) is 15.4. The van der Waals surface area contributed by atoms with Crippen molar-refractivity contribution in [1.82, 2.24) is 0 Å². The second-order valence-corrected chi connectivity index (χ2v) is 3.20. The van der Waals surface area contributed by atoms with Crippen molar-refractivity contribution in [2.75, 3.05) is 20.3 Å². The molecule has 0 aliphatic carbocycles. The van der Waals surface area contributed by atoms with Crippen molar-refractivity contribution in [3.8, 4) is 0 Å². The summed E-state index contributed by atoms with van der Waals surface area (Å²) in [5.74, 6) is -0.768. The maximum atomic E-state index is 10.6. The van der Waals surface area contributed by atoms with Crippen LogP contribution in [0, 0.1) is 0 Å². The van der Waals surface area contributed by atoms with Gasteiger partial charge in [-0.2, -0.15) is 0 Å². The topological polar surface area (TPSA) is 61.8 Å². The maximum Gasteiger partial charge on any atom is 0.330 e. The standard InChI is InChI=1S/C8H12O3.C4H6O2/c1-2-8(9)11-6-7-4-3-5-10-7;1-3-4(5)6-2/h2,7H,1,3-6H2;3H,1H2,2H3. The molecule has 0 saturated carbocycles. The molecule has 0 aromatic carbocycles. The average molecular weight is 242 g/mol. The van der Waals surface area contributed by atoms with Crippen LogP contribution in [-0.2, 0) is 23.8 Å². The smallest absolute Gasteiger partial charge is 0.330 e. The highest BCUT2D eigenvalue weighted by molar-refractivity contribution is 5.81. The van der Waals surface area contributed by atoms with Crippen LogP contribution in [0.4, 0.5) is 0 Å². The van der Waals surface area contributed by atoms with Crippen LogP contribution >= 0.6 is 0 Å². The van der Waals surface area contributed by atoms with E-state index in [-0.39, 0.29) is 12.1 Å². The minimum absolute atomic E-state index is 0.110. The van der Waals surface area contributed by atoms with Gasteiger partial charge in [-0.25, -0.2) is 9.59 Å². The van der Waals surface area contributed by atoms with Gasteiger partial charge in [0.15, 0.2) is 0 Å². The lowest BCUT2D eigenvalue weighted by molar-refractivity contribution is -0.141. The van der Waals surface area contributed by atoms with Crippen LogP contribution in [-0.4, -0.2) is 38.4 Å². The predicted molar refractivity (Wildman–Crippen MR) is 62.3 cm³/mol. The second-order valence-electron chi connectivity index (χ2n) is 3.20. The molecule has 1 unspecified atom stereocenters. The number of hydrogen-bond acceptors (Lipinski definition) is 5. The highest BCUT2D eigenvalue weighted by Crippen LogP contribution is 2.11. The first-order chi connectivity index (χ1) is 8.13. The number of rotatable bonds is 4. The summed E-state index contributed by atoms with van der Waals surface area (Å²) in [7, 11) is 1.31. The number of methoxy groups -OCH3 is 1. The summed E-state index contributed by atoms with van der Waals surface area (Å²) in [6, 6.07) is 0. The monoisotopic (exact) mass is 242 g/mol. The Morgan fingerprint density at radius 3 is 2.35 bits per heavy atom. The Hall–Kier alpha value is -1.62. The molecule has 1 rings (SSSR count). The Labute approximate surface area is 101 Å². The fraction of sp³-hybridized carbons (Fsp3) is 0.500. The molecule has 1 fully saturated rings. The van der Waals surface area contributed by atoms with Crippen molar-refractivity contribution in [3.63, 3.8) is 0 Å². The maximum absolute atomic E-state index is 10.6. The summed E-state index contributed by atoms with van der Waals surface area (Å²) in [6.07, 6.45) is 4.44. The molecular formula is C12H18O5. The lowest BCUT2D eigenvalue weighted by Crippen LogP contribution is -2.16. The molecule has 1 aliphatic heterocycles. The Morgan fingerprint density at radius 2 is 2.00 bits per heavy atom. The van der Waals surface area contributed by atoms with Crippen LogP contribution in [0.5, 0.6) is 0 Å². The third-order valence-corrected chi connectivity index (χ3v) is 1.97. The zero-order valence-electron chi connectivity index (χ0n) is 10.0. The normalized spacial score (nSPS) is 17.4. The number of carbonyl (C=O) groups excluding carboxylic acids is 2. The van der Waals surface area contributed by atoms with Gasteiger partial charge >= 0.3 is 11.9 Å². The van der Waals surface area contributed by atoms with Gasteiger partial charge in [0.1, 0.15) is 6.61 Å². The lowest BCUT2D eigenvalue weighted by Gasteiger charge is -2.07. The zero-order chi connectivity index (χ0) is 13.1. The van der Waals surface area contributed by atoms with E-state index in [1.807, 2.05) is 0 Å². The number of hydrogen-bond donors (Lipinski definition) is 0. The average Bonchev–Trinajstić information content (AvgIpc) is 2.88. The van der Waals surface area contributed by atoms with Crippen LogP contribution in [0.15, 0.2) is 25.3 Å². The molecular weight excluding hydrogens is 224 g/mol. The van der Waals surface area contributed by atoms with E-state index < -0.39 is 5.97 Å². The SMILES string of the molecule is C=CC(=O)OC.C=CC(=O)OCC1CCCO1. The van der Waals surface area contributed by atoms with Gasteiger partial charge in [0.2, 0.25) is 0 Å². The largest absolute Gasteiger partial charge is 0.466 e. The summed E-state index contributed by atoms with van der Waals surface area (Å²) in [4.78, 5) is 20.4. The Bertz CT molecular complexity index is 266. The molecule has 0 aromatic heterocycles. The lowest BCUT2D eigenvalue weighted by atomic mass is 10.2. The van der Waals surface area contributed by atoms with Gasteiger partial charge in [-0.1, -0.05) is 13.2 Å². The molecule has 0 bridgehead atoms. The zero-order valence-corrected chi connectivity index (χ0v) is 10.0. The number of ether oxygens (including phenoxy) is 3. The van der Waals surface area contributed by atoms with E-state index in [0.717, 1.165) is 31.6 Å². The van der Waals surface area contributed by atoms with E-state index in [2.05, 4.69) is 17.9 Å². The minimum atomic E-state index is -0.394. The third-order valence-electron chi connectivity index (χ3n) is 1.97. The van der Waals surface area contributed by atoms with Crippen molar-refractivity contribution >= 4 is 11.9 Å². The molecule has 0 spiro atoms. The molecule has 5 heteroatoms. The van der Waals surface area contributed by atoms with E-state index in [1.54, 1.807) is 0 Å². The summed E-state index contributed by atoms with van der Waals surface area (Å²) in [5.41, 5.74) is 0.